The molecule has 2 heterocycles. The Kier molecular flexibility index (Phi) is 6.55. The molecule has 1 N–H and O–H groups in total. The van der Waals surface area contributed by atoms with Crippen molar-refractivity contribution in [1.82, 2.24) is 10.2 Å². The van der Waals surface area contributed by atoms with Gasteiger partial charge in [0.2, 0.25) is 5.91 Å². The molecule has 0 aliphatic carbocycles. The van der Waals surface area contributed by atoms with Gasteiger partial charge in [-0.2, -0.15) is 0 Å². The predicted octanol–water partition coefficient (Wildman–Crippen LogP) is 3.18. The summed E-state index contributed by atoms with van der Waals surface area (Å²) in [5, 5.41) is 4.86. The standard InChI is InChI=1S/C19H23FN2O2S/c20-18-8-2-1-5-15(18)11-21-19(23)14-22(12-16-6-3-9-24-16)13-17-7-4-10-25-17/h1-2,4-5,7-8,10,16H,3,6,9,11-14H2,(H,21,23)/t16-/m1/s1. The zero-order valence-corrected chi connectivity index (χ0v) is 14.9. The number of nitrogens with zero attached hydrogens (tertiary/aromatic N) is 1. The maximum absolute atomic E-state index is 13.6. The fourth-order valence-corrected chi connectivity index (χ4v) is 3.72. The topological polar surface area (TPSA) is 41.6 Å². The Morgan fingerprint density at radius 3 is 2.92 bits per heavy atom. The molecule has 0 spiro atoms. The SMILES string of the molecule is O=C(CN(Cc1cccs1)C[C@H]1CCCO1)NCc1ccccc1F. The number of amides is 1. The molecule has 1 amide bonds. The van der Waals surface area contributed by atoms with Crippen molar-refractivity contribution in [2.75, 3.05) is 19.7 Å². The highest BCUT2D eigenvalue weighted by Gasteiger charge is 2.21. The van der Waals surface area contributed by atoms with E-state index in [-0.39, 0.29) is 30.9 Å². The van der Waals surface area contributed by atoms with Crippen LogP contribution in [0.1, 0.15) is 23.3 Å². The van der Waals surface area contributed by atoms with E-state index in [9.17, 15) is 9.18 Å². The Bertz CT molecular complexity index is 672. The van der Waals surface area contributed by atoms with E-state index in [1.165, 1.54) is 10.9 Å². The van der Waals surface area contributed by atoms with Gasteiger partial charge in [0.25, 0.3) is 0 Å². The Morgan fingerprint density at radius 2 is 2.20 bits per heavy atom. The van der Waals surface area contributed by atoms with E-state index in [0.29, 0.717) is 5.56 Å². The third kappa shape index (κ3) is 5.63. The first-order valence-corrected chi connectivity index (χ1v) is 9.45. The first kappa shape index (κ1) is 18.0. The number of nitrogens with one attached hydrogen (secondary N) is 1. The molecule has 0 unspecified atom stereocenters. The number of rotatable bonds is 8. The van der Waals surface area contributed by atoms with Crippen LogP contribution in [0.5, 0.6) is 0 Å². The summed E-state index contributed by atoms with van der Waals surface area (Å²) in [6.45, 7) is 2.76. The van der Waals surface area contributed by atoms with E-state index in [1.807, 2.05) is 11.4 Å². The van der Waals surface area contributed by atoms with Gasteiger partial charge < -0.3 is 10.1 Å². The monoisotopic (exact) mass is 362 g/mol. The van der Waals surface area contributed by atoms with Crippen LogP contribution in [-0.4, -0.2) is 36.6 Å². The van der Waals surface area contributed by atoms with E-state index in [0.717, 1.165) is 32.5 Å². The average Bonchev–Trinajstić information content (AvgIpc) is 3.28. The molecule has 134 valence electrons. The van der Waals surface area contributed by atoms with Gasteiger partial charge in [0.05, 0.1) is 12.6 Å². The van der Waals surface area contributed by atoms with Gasteiger partial charge in [0, 0.05) is 36.7 Å². The van der Waals surface area contributed by atoms with Crippen LogP contribution in [0.3, 0.4) is 0 Å². The zero-order valence-electron chi connectivity index (χ0n) is 14.1. The van der Waals surface area contributed by atoms with Crippen LogP contribution in [0.2, 0.25) is 0 Å². The van der Waals surface area contributed by atoms with Gasteiger partial charge in [0.1, 0.15) is 5.82 Å². The average molecular weight is 362 g/mol. The van der Waals surface area contributed by atoms with Crippen molar-refractivity contribution >= 4 is 17.2 Å². The van der Waals surface area contributed by atoms with E-state index < -0.39 is 0 Å². The van der Waals surface area contributed by atoms with Crippen LogP contribution < -0.4 is 5.32 Å². The highest BCUT2D eigenvalue weighted by atomic mass is 32.1. The summed E-state index contributed by atoms with van der Waals surface area (Å²) in [5.41, 5.74) is 0.500. The van der Waals surface area contributed by atoms with E-state index >= 15 is 0 Å². The minimum Gasteiger partial charge on any atom is -0.377 e. The summed E-state index contributed by atoms with van der Waals surface area (Å²) in [4.78, 5) is 15.7. The minimum atomic E-state index is -0.294. The highest BCUT2D eigenvalue weighted by molar-refractivity contribution is 7.09. The number of benzene rings is 1. The van der Waals surface area contributed by atoms with Crippen LogP contribution in [0.25, 0.3) is 0 Å². The lowest BCUT2D eigenvalue weighted by Gasteiger charge is -2.24. The summed E-state index contributed by atoms with van der Waals surface area (Å²) >= 11 is 1.68. The molecule has 25 heavy (non-hydrogen) atoms. The largest absolute Gasteiger partial charge is 0.377 e. The molecule has 1 atom stereocenters. The lowest BCUT2D eigenvalue weighted by molar-refractivity contribution is -0.122. The molecular formula is C19H23FN2O2S. The molecule has 1 aromatic heterocycles. The Labute approximate surface area is 151 Å². The minimum absolute atomic E-state index is 0.0993. The second-order valence-corrected chi connectivity index (χ2v) is 7.28. The van der Waals surface area contributed by atoms with Gasteiger partial charge >= 0.3 is 0 Å². The molecule has 1 aromatic carbocycles. The molecule has 1 aliphatic heterocycles. The number of thiophene rings is 1. The van der Waals surface area contributed by atoms with Crippen molar-refractivity contribution in [3.05, 3.63) is 58.0 Å². The zero-order chi connectivity index (χ0) is 17.5. The predicted molar refractivity (Wildman–Crippen MR) is 96.8 cm³/mol. The van der Waals surface area contributed by atoms with Crippen LogP contribution >= 0.6 is 11.3 Å². The summed E-state index contributed by atoms with van der Waals surface area (Å²) < 4.78 is 19.4. The summed E-state index contributed by atoms with van der Waals surface area (Å²) in [6, 6.07) is 10.6. The summed E-state index contributed by atoms with van der Waals surface area (Å²) in [5.74, 6) is -0.393. The number of carbonyl (C=O) groups is 1. The van der Waals surface area contributed by atoms with Gasteiger partial charge in [-0.05, 0) is 30.4 Å². The van der Waals surface area contributed by atoms with E-state index in [2.05, 4.69) is 16.3 Å². The van der Waals surface area contributed by atoms with Crippen molar-refractivity contribution in [3.8, 4) is 0 Å². The smallest absolute Gasteiger partial charge is 0.234 e. The fraction of sp³-hybridized carbons (Fsp3) is 0.421. The van der Waals surface area contributed by atoms with Crippen molar-refractivity contribution in [2.45, 2.75) is 32.0 Å². The Morgan fingerprint density at radius 1 is 1.32 bits per heavy atom. The van der Waals surface area contributed by atoms with Gasteiger partial charge in [-0.3, -0.25) is 9.69 Å². The third-order valence-corrected chi connectivity index (χ3v) is 5.11. The van der Waals surface area contributed by atoms with Gasteiger partial charge in [0.15, 0.2) is 0 Å². The first-order chi connectivity index (χ1) is 12.2. The quantitative estimate of drug-likeness (QED) is 0.784. The van der Waals surface area contributed by atoms with Gasteiger partial charge in [-0.1, -0.05) is 24.3 Å². The molecule has 2 aromatic rings. The van der Waals surface area contributed by atoms with Crippen molar-refractivity contribution in [1.29, 1.82) is 0 Å². The molecule has 6 heteroatoms. The first-order valence-electron chi connectivity index (χ1n) is 8.57. The number of halogens is 1. The summed E-state index contributed by atoms with van der Waals surface area (Å²) in [7, 11) is 0. The molecule has 3 rings (SSSR count). The van der Waals surface area contributed by atoms with Gasteiger partial charge in [-0.25, -0.2) is 4.39 Å². The Hall–Kier alpha value is -1.76. The lowest BCUT2D eigenvalue weighted by Crippen LogP contribution is -2.40. The van der Waals surface area contributed by atoms with Crippen LogP contribution in [0.15, 0.2) is 41.8 Å². The second-order valence-electron chi connectivity index (χ2n) is 6.25. The number of ether oxygens (including phenoxy) is 1. The van der Waals surface area contributed by atoms with Crippen molar-refractivity contribution in [2.24, 2.45) is 0 Å². The normalized spacial score (nSPS) is 17.1. The van der Waals surface area contributed by atoms with E-state index in [4.69, 9.17) is 4.74 Å². The molecule has 0 radical (unpaired) electrons. The molecule has 1 saturated heterocycles. The molecule has 0 bridgehead atoms. The lowest BCUT2D eigenvalue weighted by atomic mass is 10.2. The molecule has 1 fully saturated rings. The summed E-state index contributed by atoms with van der Waals surface area (Å²) in [6.07, 6.45) is 2.31. The van der Waals surface area contributed by atoms with Crippen molar-refractivity contribution in [3.63, 3.8) is 0 Å². The number of hydrogen-bond donors (Lipinski definition) is 1. The number of carbonyl (C=O) groups excluding carboxylic acids is 1. The third-order valence-electron chi connectivity index (χ3n) is 4.25. The molecule has 1 aliphatic rings. The molecule has 4 nitrogen and oxygen atoms in total. The molecular weight excluding hydrogens is 339 g/mol. The maximum atomic E-state index is 13.6. The molecule has 0 saturated carbocycles. The van der Waals surface area contributed by atoms with Gasteiger partial charge in [-0.15, -0.1) is 11.3 Å². The maximum Gasteiger partial charge on any atom is 0.234 e. The number of hydrogen-bond acceptors (Lipinski definition) is 4. The van der Waals surface area contributed by atoms with Crippen molar-refractivity contribution < 1.29 is 13.9 Å². The Balaban J connectivity index is 1.54. The highest BCUT2D eigenvalue weighted by Crippen LogP contribution is 2.17. The van der Waals surface area contributed by atoms with Crippen LogP contribution in [-0.2, 0) is 22.6 Å². The fourth-order valence-electron chi connectivity index (χ4n) is 2.98. The van der Waals surface area contributed by atoms with E-state index in [1.54, 1.807) is 29.5 Å². The van der Waals surface area contributed by atoms with Crippen LogP contribution in [0, 0.1) is 5.82 Å². The van der Waals surface area contributed by atoms with Crippen LogP contribution in [0.4, 0.5) is 4.39 Å². The second kappa shape index (κ2) is 9.08.